The molecule has 0 saturated heterocycles. The molecular formula is C4H13ClN2O4. The number of nitrogens with two attached hydrogens (primary N) is 2. The molecule has 2 amide bonds. The molecule has 0 spiro atoms. The third kappa shape index (κ3) is 44.2. The van der Waals surface area contributed by atoms with E-state index >= 15 is 0 Å². The number of urea groups is 1. The van der Waals surface area contributed by atoms with Crippen LogP contribution in [0.4, 0.5) is 4.79 Å². The van der Waals surface area contributed by atoms with Gasteiger partial charge in [0.25, 0.3) is 0 Å². The van der Waals surface area contributed by atoms with Gasteiger partial charge in [0, 0.05) is 0 Å². The van der Waals surface area contributed by atoms with E-state index in [1.807, 2.05) is 0 Å². The highest BCUT2D eigenvalue weighted by Crippen LogP contribution is 1.71. The molecule has 0 atom stereocenters. The van der Waals surface area contributed by atoms with E-state index < -0.39 is 12.1 Å². The van der Waals surface area contributed by atoms with Crippen LogP contribution in [-0.4, -0.2) is 40.7 Å². The number of hydrogen-bond acceptors (Lipinski definition) is 4. The molecule has 0 aromatic carbocycles. The van der Waals surface area contributed by atoms with Gasteiger partial charge in [-0.2, -0.15) is 0 Å². The molecule has 0 bridgehead atoms. The predicted molar refractivity (Wildman–Crippen MR) is 41.2 cm³/mol. The smallest absolute Gasteiger partial charge is 0.309 e. The number of aliphatic hydroxyl groups excluding tert-OH is 3. The first-order valence-corrected chi connectivity index (χ1v) is 2.49. The minimum Gasteiger partial charge on any atom is -0.394 e. The number of amides is 2. The van der Waals surface area contributed by atoms with Gasteiger partial charge < -0.3 is 26.8 Å². The molecule has 0 rings (SSSR count). The highest BCUT2D eigenvalue weighted by molar-refractivity contribution is 5.85. The number of carbonyl (C=O) groups excluding carboxylic acids is 1. The Bertz CT molecular complexity index is 84.2. The molecule has 0 aromatic heterocycles. The second kappa shape index (κ2) is 12.1. The van der Waals surface area contributed by atoms with Gasteiger partial charge in [0.15, 0.2) is 0 Å². The largest absolute Gasteiger partial charge is 0.394 e. The number of halogens is 1. The van der Waals surface area contributed by atoms with Crippen LogP contribution in [0.5, 0.6) is 0 Å². The zero-order valence-electron chi connectivity index (χ0n) is 5.80. The summed E-state index contributed by atoms with van der Waals surface area (Å²) in [6.45, 7) is -0.729. The maximum absolute atomic E-state index is 9.00. The van der Waals surface area contributed by atoms with Crippen molar-refractivity contribution in [3.8, 4) is 0 Å². The molecule has 0 aliphatic heterocycles. The van der Waals surface area contributed by atoms with Gasteiger partial charge in [0.2, 0.25) is 0 Å². The monoisotopic (exact) mass is 188 g/mol. The highest BCUT2D eigenvalue weighted by Gasteiger charge is 1.93. The number of carbonyl (C=O) groups is 1. The maximum Gasteiger partial charge on any atom is 0.309 e. The molecule has 0 aromatic rings. The molecule has 0 aliphatic rings. The van der Waals surface area contributed by atoms with E-state index in [0.29, 0.717) is 0 Å². The average molecular weight is 189 g/mol. The summed E-state index contributed by atoms with van der Waals surface area (Å²) in [5.41, 5.74) is 8.50. The van der Waals surface area contributed by atoms with Crippen LogP contribution in [0, 0.1) is 0 Å². The van der Waals surface area contributed by atoms with Gasteiger partial charge in [-0.1, -0.05) is 0 Å². The fourth-order valence-electron chi connectivity index (χ4n) is 0.0577. The molecule has 7 N–H and O–H groups in total. The van der Waals surface area contributed by atoms with Gasteiger partial charge in [0.05, 0.1) is 13.2 Å². The minimum absolute atomic E-state index is 0. The molecule has 11 heavy (non-hydrogen) atoms. The molecular weight excluding hydrogens is 176 g/mol. The van der Waals surface area contributed by atoms with E-state index in [0.717, 1.165) is 0 Å². The second-order valence-electron chi connectivity index (χ2n) is 1.42. The van der Waals surface area contributed by atoms with Gasteiger partial charge >= 0.3 is 6.03 Å². The third-order valence-electron chi connectivity index (χ3n) is 0.421. The maximum atomic E-state index is 9.00. The summed E-state index contributed by atoms with van der Waals surface area (Å²) in [7, 11) is 0. The van der Waals surface area contributed by atoms with E-state index in [4.69, 9.17) is 20.1 Å². The molecule has 0 fully saturated rings. The molecule has 0 radical (unpaired) electrons. The van der Waals surface area contributed by atoms with Crippen molar-refractivity contribution in [3.63, 3.8) is 0 Å². The summed E-state index contributed by atoms with van der Waals surface area (Å²) in [5, 5.41) is 24.0. The van der Waals surface area contributed by atoms with Crippen LogP contribution in [0.1, 0.15) is 0 Å². The fraction of sp³-hybridized carbons (Fsp3) is 0.750. The highest BCUT2D eigenvalue weighted by atomic mass is 35.5. The summed E-state index contributed by atoms with van der Waals surface area (Å²) >= 11 is 0. The predicted octanol–water partition coefficient (Wildman–Crippen LogP) is -2.22. The van der Waals surface area contributed by atoms with E-state index in [2.05, 4.69) is 11.5 Å². The summed E-state index contributed by atoms with van der Waals surface area (Å²) in [6, 6.07) is -0.833. The van der Waals surface area contributed by atoms with Crippen molar-refractivity contribution in [2.75, 3.05) is 13.2 Å². The van der Waals surface area contributed by atoms with Crippen molar-refractivity contribution in [2.45, 2.75) is 6.10 Å². The third-order valence-corrected chi connectivity index (χ3v) is 0.421. The summed E-state index contributed by atoms with van der Waals surface area (Å²) < 4.78 is 0. The van der Waals surface area contributed by atoms with Gasteiger partial charge in [0.1, 0.15) is 6.10 Å². The van der Waals surface area contributed by atoms with Crippen molar-refractivity contribution in [1.82, 2.24) is 0 Å². The quantitative estimate of drug-likeness (QED) is 0.336. The zero-order valence-corrected chi connectivity index (χ0v) is 6.62. The Morgan fingerprint density at radius 3 is 1.45 bits per heavy atom. The molecule has 0 aliphatic carbocycles. The molecule has 7 heteroatoms. The van der Waals surface area contributed by atoms with Gasteiger partial charge in [-0.15, -0.1) is 12.4 Å². The number of hydrogen-bond donors (Lipinski definition) is 5. The van der Waals surface area contributed by atoms with Gasteiger partial charge in [-0.3, -0.25) is 0 Å². The van der Waals surface area contributed by atoms with Crippen molar-refractivity contribution in [3.05, 3.63) is 0 Å². The molecule has 70 valence electrons. The lowest BCUT2D eigenvalue weighted by Crippen LogP contribution is -2.18. The van der Waals surface area contributed by atoms with Crippen LogP contribution in [-0.2, 0) is 0 Å². The first-order chi connectivity index (χ1) is 4.54. The average Bonchev–Trinajstić information content (AvgIpc) is 1.85. The number of aliphatic hydroxyl groups is 3. The van der Waals surface area contributed by atoms with Gasteiger partial charge in [-0.05, 0) is 0 Å². The Kier molecular flexibility index (Phi) is 18.6. The number of primary amides is 2. The van der Waals surface area contributed by atoms with Crippen LogP contribution >= 0.6 is 12.4 Å². The van der Waals surface area contributed by atoms with Crippen molar-refractivity contribution < 1.29 is 20.1 Å². The van der Waals surface area contributed by atoms with E-state index in [1.165, 1.54) is 0 Å². The SMILES string of the molecule is Cl.NC(N)=O.OCC(O)CO. The lowest BCUT2D eigenvalue weighted by atomic mass is 10.4. The summed E-state index contributed by atoms with van der Waals surface area (Å²) in [6.07, 6.45) is -0.954. The Labute approximate surface area is 70.2 Å². The number of rotatable bonds is 2. The Balaban J connectivity index is -0.000000114. The van der Waals surface area contributed by atoms with Crippen molar-refractivity contribution in [1.29, 1.82) is 0 Å². The van der Waals surface area contributed by atoms with Crippen LogP contribution in [0.25, 0.3) is 0 Å². The van der Waals surface area contributed by atoms with Crippen molar-refractivity contribution in [2.24, 2.45) is 11.5 Å². The Morgan fingerprint density at radius 1 is 1.27 bits per heavy atom. The molecule has 0 unspecified atom stereocenters. The first kappa shape index (κ1) is 16.8. The summed E-state index contributed by atoms with van der Waals surface area (Å²) in [4.78, 5) is 9.00. The normalized spacial score (nSPS) is 7.64. The fourth-order valence-corrected chi connectivity index (χ4v) is 0.0577. The first-order valence-electron chi connectivity index (χ1n) is 2.49. The van der Waals surface area contributed by atoms with Crippen LogP contribution in [0.3, 0.4) is 0 Å². The van der Waals surface area contributed by atoms with Crippen LogP contribution < -0.4 is 11.5 Å². The van der Waals surface area contributed by atoms with Crippen LogP contribution in [0.2, 0.25) is 0 Å². The Morgan fingerprint density at radius 2 is 1.45 bits per heavy atom. The lowest BCUT2D eigenvalue weighted by molar-refractivity contribution is 0.0450. The van der Waals surface area contributed by atoms with Crippen molar-refractivity contribution >= 4 is 18.4 Å². The Hall–Kier alpha value is -0.560. The van der Waals surface area contributed by atoms with E-state index in [1.54, 1.807) is 0 Å². The standard InChI is InChI=1S/C3H8O3.CH4N2O.ClH/c4-1-3(6)2-5;2-1(3)4;/h3-6H,1-2H2;(H4,2,3,4);1H. The molecule has 0 heterocycles. The van der Waals surface area contributed by atoms with Crippen LogP contribution in [0.15, 0.2) is 0 Å². The van der Waals surface area contributed by atoms with E-state index in [-0.39, 0.29) is 25.6 Å². The zero-order chi connectivity index (χ0) is 8.57. The lowest BCUT2D eigenvalue weighted by Gasteiger charge is -1.96. The molecule has 0 saturated carbocycles. The summed E-state index contributed by atoms with van der Waals surface area (Å²) in [5.74, 6) is 0. The minimum atomic E-state index is -0.954. The van der Waals surface area contributed by atoms with E-state index in [9.17, 15) is 0 Å². The molecule has 6 nitrogen and oxygen atoms in total. The van der Waals surface area contributed by atoms with Gasteiger partial charge in [-0.25, -0.2) is 4.79 Å². The topological polar surface area (TPSA) is 130 Å². The second-order valence-corrected chi connectivity index (χ2v) is 1.42.